The molecular weight excluding hydrogens is 430 g/mol. The maximum Gasteiger partial charge on any atom is 0.241 e. The van der Waals surface area contributed by atoms with Crippen LogP contribution >= 0.6 is 0 Å². The quantitative estimate of drug-likeness (QED) is 0.631. The van der Waals surface area contributed by atoms with Gasteiger partial charge in [0.1, 0.15) is 13.2 Å². The minimum Gasteiger partial charge on any atom is -0.486 e. The van der Waals surface area contributed by atoms with Crippen molar-refractivity contribution in [1.29, 1.82) is 0 Å². The first kappa shape index (κ1) is 23.8. The van der Waals surface area contributed by atoms with Crippen molar-refractivity contribution in [2.75, 3.05) is 57.4 Å². The number of anilines is 1. The maximum atomic E-state index is 13.4. The number of carbonyl (C=O) groups is 2. The Hall–Kier alpha value is -3.32. The standard InChI is InChI=1S/C27H33N3O4/c1-21(2)27(32)29-15-13-28(14-16-29)20-26(31)30(12-6-9-22-7-4-3-5-8-22)23-10-11-24-25(19-23)34-18-17-33-24/h3-11,19,21H,12-18,20H2,1-2H3. The summed E-state index contributed by atoms with van der Waals surface area (Å²) < 4.78 is 11.4. The van der Waals surface area contributed by atoms with Crippen molar-refractivity contribution >= 4 is 23.6 Å². The number of nitrogens with zero attached hydrogens (tertiary/aromatic N) is 3. The van der Waals surface area contributed by atoms with E-state index in [1.54, 1.807) is 4.90 Å². The van der Waals surface area contributed by atoms with Crippen LogP contribution in [-0.2, 0) is 9.59 Å². The number of rotatable bonds is 7. The normalized spacial score (nSPS) is 16.1. The molecule has 2 aromatic rings. The fourth-order valence-corrected chi connectivity index (χ4v) is 4.18. The Morgan fingerprint density at radius 1 is 0.971 bits per heavy atom. The molecule has 0 radical (unpaired) electrons. The molecule has 2 amide bonds. The number of hydrogen-bond donors (Lipinski definition) is 0. The summed E-state index contributed by atoms with van der Waals surface area (Å²) in [6.07, 6.45) is 4.03. The van der Waals surface area contributed by atoms with Crippen molar-refractivity contribution in [2.45, 2.75) is 13.8 Å². The van der Waals surface area contributed by atoms with E-state index < -0.39 is 0 Å². The van der Waals surface area contributed by atoms with Crippen molar-refractivity contribution in [1.82, 2.24) is 9.80 Å². The van der Waals surface area contributed by atoms with Crippen molar-refractivity contribution in [3.63, 3.8) is 0 Å². The van der Waals surface area contributed by atoms with Crippen LogP contribution in [0, 0.1) is 5.92 Å². The summed E-state index contributed by atoms with van der Waals surface area (Å²) >= 11 is 0. The highest BCUT2D eigenvalue weighted by molar-refractivity contribution is 5.95. The zero-order chi connectivity index (χ0) is 23.9. The van der Waals surface area contributed by atoms with Gasteiger partial charge >= 0.3 is 0 Å². The average molecular weight is 464 g/mol. The molecule has 7 nitrogen and oxygen atoms in total. The highest BCUT2D eigenvalue weighted by atomic mass is 16.6. The van der Waals surface area contributed by atoms with Gasteiger partial charge in [0.15, 0.2) is 11.5 Å². The van der Waals surface area contributed by atoms with Crippen molar-refractivity contribution < 1.29 is 19.1 Å². The highest BCUT2D eigenvalue weighted by Crippen LogP contribution is 2.34. The Morgan fingerprint density at radius 3 is 2.38 bits per heavy atom. The molecule has 0 bridgehead atoms. The Morgan fingerprint density at radius 2 is 1.68 bits per heavy atom. The second kappa shape index (κ2) is 11.2. The summed E-state index contributed by atoms with van der Waals surface area (Å²) in [5.74, 6) is 1.55. The van der Waals surface area contributed by atoms with Crippen LogP contribution in [0.4, 0.5) is 5.69 Å². The summed E-state index contributed by atoms with van der Waals surface area (Å²) in [6, 6.07) is 15.7. The molecule has 0 spiro atoms. The molecule has 0 unspecified atom stereocenters. The van der Waals surface area contributed by atoms with Crippen molar-refractivity contribution in [2.24, 2.45) is 5.92 Å². The molecule has 7 heteroatoms. The number of piperazine rings is 1. The first-order valence-electron chi connectivity index (χ1n) is 11.9. The Bertz CT molecular complexity index is 1010. The lowest BCUT2D eigenvalue weighted by atomic mass is 10.1. The molecule has 180 valence electrons. The molecule has 1 saturated heterocycles. The molecule has 2 heterocycles. The van der Waals surface area contributed by atoms with Gasteiger partial charge < -0.3 is 19.3 Å². The van der Waals surface area contributed by atoms with Gasteiger partial charge in [-0.3, -0.25) is 14.5 Å². The van der Waals surface area contributed by atoms with Crippen LogP contribution < -0.4 is 14.4 Å². The van der Waals surface area contributed by atoms with Crippen LogP contribution in [0.5, 0.6) is 11.5 Å². The predicted molar refractivity (Wildman–Crippen MR) is 133 cm³/mol. The molecule has 2 aromatic carbocycles. The van der Waals surface area contributed by atoms with Crippen LogP contribution in [0.1, 0.15) is 19.4 Å². The minimum absolute atomic E-state index is 0.00437. The Kier molecular flexibility index (Phi) is 7.85. The first-order valence-corrected chi connectivity index (χ1v) is 11.9. The first-order chi connectivity index (χ1) is 16.5. The summed E-state index contributed by atoms with van der Waals surface area (Å²) in [4.78, 5) is 31.5. The van der Waals surface area contributed by atoms with Crippen LogP contribution in [0.3, 0.4) is 0 Å². The van der Waals surface area contributed by atoms with Crippen LogP contribution in [-0.4, -0.2) is 74.1 Å². The fraction of sp³-hybridized carbons (Fsp3) is 0.407. The molecule has 4 rings (SSSR count). The van der Waals surface area contributed by atoms with E-state index in [4.69, 9.17) is 9.47 Å². The number of carbonyl (C=O) groups excluding carboxylic acids is 2. The van der Waals surface area contributed by atoms with E-state index in [9.17, 15) is 9.59 Å². The topological polar surface area (TPSA) is 62.3 Å². The molecule has 34 heavy (non-hydrogen) atoms. The van der Waals surface area contributed by atoms with Gasteiger partial charge in [0.25, 0.3) is 0 Å². The molecule has 2 aliphatic rings. The lowest BCUT2D eigenvalue weighted by Crippen LogP contribution is -2.52. The van der Waals surface area contributed by atoms with Gasteiger partial charge in [-0.05, 0) is 17.7 Å². The van der Waals surface area contributed by atoms with Gasteiger partial charge in [0.05, 0.1) is 6.54 Å². The fourth-order valence-electron chi connectivity index (χ4n) is 4.18. The van der Waals surface area contributed by atoms with Crippen molar-refractivity contribution in [3.8, 4) is 11.5 Å². The second-order valence-corrected chi connectivity index (χ2v) is 8.90. The third kappa shape index (κ3) is 5.97. The van der Waals surface area contributed by atoms with E-state index >= 15 is 0 Å². The summed E-state index contributed by atoms with van der Waals surface area (Å²) in [6.45, 7) is 8.32. The largest absolute Gasteiger partial charge is 0.486 e. The van der Waals surface area contributed by atoms with Gasteiger partial charge in [-0.1, -0.05) is 56.3 Å². The predicted octanol–water partition coefficient (Wildman–Crippen LogP) is 3.30. The zero-order valence-electron chi connectivity index (χ0n) is 20.0. The molecule has 0 aromatic heterocycles. The molecule has 1 fully saturated rings. The average Bonchev–Trinajstić information content (AvgIpc) is 2.87. The summed E-state index contributed by atoms with van der Waals surface area (Å²) in [5.41, 5.74) is 1.86. The number of fused-ring (bicyclic) bond motifs is 1. The Labute approximate surface area is 201 Å². The van der Waals surface area contributed by atoms with Gasteiger partial charge in [-0.15, -0.1) is 0 Å². The van der Waals surface area contributed by atoms with Gasteiger partial charge in [0, 0.05) is 50.4 Å². The van der Waals surface area contributed by atoms with Crippen LogP contribution in [0.15, 0.2) is 54.6 Å². The maximum absolute atomic E-state index is 13.4. The lowest BCUT2D eigenvalue weighted by molar-refractivity contribution is -0.136. The van der Waals surface area contributed by atoms with Crippen LogP contribution in [0.25, 0.3) is 6.08 Å². The van der Waals surface area contributed by atoms with E-state index in [-0.39, 0.29) is 17.7 Å². The number of benzene rings is 2. The number of hydrogen-bond acceptors (Lipinski definition) is 5. The number of ether oxygens (including phenoxy) is 2. The molecule has 0 N–H and O–H groups in total. The molecular formula is C27H33N3O4. The Balaban J connectivity index is 1.45. The monoisotopic (exact) mass is 463 g/mol. The molecule has 2 aliphatic heterocycles. The zero-order valence-corrected chi connectivity index (χ0v) is 20.0. The van der Waals surface area contributed by atoms with Gasteiger partial charge in [-0.25, -0.2) is 0 Å². The molecule has 0 aliphatic carbocycles. The SMILES string of the molecule is CC(C)C(=O)N1CCN(CC(=O)N(CC=Cc2ccccc2)c2ccc3c(c2)OCCO3)CC1. The summed E-state index contributed by atoms with van der Waals surface area (Å²) in [5, 5.41) is 0. The van der Waals surface area contributed by atoms with Gasteiger partial charge in [-0.2, -0.15) is 0 Å². The molecule has 0 atom stereocenters. The molecule has 0 saturated carbocycles. The summed E-state index contributed by atoms with van der Waals surface area (Å²) in [7, 11) is 0. The van der Waals surface area contributed by atoms with E-state index in [0.717, 1.165) is 11.3 Å². The van der Waals surface area contributed by atoms with E-state index in [1.807, 2.05) is 79.4 Å². The number of amides is 2. The smallest absolute Gasteiger partial charge is 0.241 e. The van der Waals surface area contributed by atoms with E-state index in [0.29, 0.717) is 64.0 Å². The lowest BCUT2D eigenvalue weighted by Gasteiger charge is -2.36. The highest BCUT2D eigenvalue weighted by Gasteiger charge is 2.26. The van der Waals surface area contributed by atoms with E-state index in [1.165, 1.54) is 0 Å². The van der Waals surface area contributed by atoms with Crippen LogP contribution in [0.2, 0.25) is 0 Å². The third-order valence-corrected chi connectivity index (χ3v) is 6.07. The van der Waals surface area contributed by atoms with E-state index in [2.05, 4.69) is 4.90 Å². The minimum atomic E-state index is -0.00437. The van der Waals surface area contributed by atoms with Gasteiger partial charge in [0.2, 0.25) is 11.8 Å². The van der Waals surface area contributed by atoms with Crippen molar-refractivity contribution in [3.05, 3.63) is 60.2 Å². The second-order valence-electron chi connectivity index (χ2n) is 8.90. The third-order valence-electron chi connectivity index (χ3n) is 6.07.